The minimum Gasteiger partial charge on any atom is -0.455 e. The summed E-state index contributed by atoms with van der Waals surface area (Å²) in [4.78, 5) is 47.5. The van der Waals surface area contributed by atoms with Crippen LogP contribution in [0.1, 0.15) is 59.7 Å². The molecule has 18 heteroatoms. The zero-order valence-corrected chi connectivity index (χ0v) is 36.6. The summed E-state index contributed by atoms with van der Waals surface area (Å²) < 4.78 is 56.0. The molecule has 2 saturated heterocycles. The summed E-state index contributed by atoms with van der Waals surface area (Å²) in [5.74, 6) is 3.00. The predicted octanol–water partition coefficient (Wildman–Crippen LogP) is 5.18. The van der Waals surface area contributed by atoms with Crippen molar-refractivity contribution in [2.75, 3.05) is 75.0 Å². The van der Waals surface area contributed by atoms with Crippen LogP contribution >= 0.6 is 0 Å². The molecule has 1 saturated carbocycles. The number of halogens is 1. The van der Waals surface area contributed by atoms with E-state index in [1.165, 1.54) is 31.5 Å². The number of anilines is 3. The minimum absolute atomic E-state index is 0.0296. The largest absolute Gasteiger partial charge is 0.455 e. The summed E-state index contributed by atoms with van der Waals surface area (Å²) in [6, 6.07) is 15.8. The van der Waals surface area contributed by atoms with Gasteiger partial charge in [0, 0.05) is 88.3 Å². The third-order valence-electron chi connectivity index (χ3n) is 12.7. The lowest BCUT2D eigenvalue weighted by Crippen LogP contribution is -2.61. The Balaban J connectivity index is 0.926. The molecule has 4 aliphatic heterocycles. The number of nitrogens with one attached hydrogen (secondary N) is 2. The normalized spacial score (nSPS) is 19.9. The van der Waals surface area contributed by atoms with Gasteiger partial charge >= 0.3 is 0 Å². The molecule has 64 heavy (non-hydrogen) atoms. The second-order valence-electron chi connectivity index (χ2n) is 17.3. The van der Waals surface area contributed by atoms with Crippen LogP contribution in [-0.2, 0) is 37.4 Å². The third-order valence-corrected chi connectivity index (χ3v) is 14.1. The predicted molar refractivity (Wildman–Crippen MR) is 239 cm³/mol. The molecule has 3 aromatic carbocycles. The highest BCUT2D eigenvalue weighted by molar-refractivity contribution is 7.90. The zero-order chi connectivity index (χ0) is 44.6. The van der Waals surface area contributed by atoms with Crippen molar-refractivity contribution in [3.05, 3.63) is 94.9 Å². The van der Waals surface area contributed by atoms with Crippen LogP contribution in [0.15, 0.2) is 76.7 Å². The summed E-state index contributed by atoms with van der Waals surface area (Å²) in [6.45, 7) is 7.80. The Morgan fingerprint density at radius 2 is 1.81 bits per heavy atom. The van der Waals surface area contributed by atoms with E-state index in [2.05, 4.69) is 42.6 Å². The van der Waals surface area contributed by atoms with Gasteiger partial charge in [0.15, 0.2) is 11.5 Å². The number of carbonyl (C=O) groups is 2. The number of sulfonamides is 1. The fraction of sp³-hybridized carbons (Fsp3) is 0.413. The van der Waals surface area contributed by atoms with E-state index in [0.29, 0.717) is 99.4 Å². The molecule has 3 fully saturated rings. The van der Waals surface area contributed by atoms with Gasteiger partial charge in [-0.15, -0.1) is 0 Å². The molecule has 16 nitrogen and oxygen atoms in total. The van der Waals surface area contributed by atoms with E-state index in [1.54, 1.807) is 42.5 Å². The van der Waals surface area contributed by atoms with Gasteiger partial charge in [0.05, 0.1) is 35.0 Å². The highest BCUT2D eigenvalue weighted by atomic mass is 32.2. The van der Waals surface area contributed by atoms with Crippen molar-refractivity contribution in [1.82, 2.24) is 19.5 Å². The lowest BCUT2D eigenvalue weighted by atomic mass is 9.83. The molecular weight excluding hydrogens is 844 g/mol. The van der Waals surface area contributed by atoms with E-state index in [-0.39, 0.29) is 39.5 Å². The Bertz CT molecular complexity index is 2630. The summed E-state index contributed by atoms with van der Waals surface area (Å²) in [6.07, 6.45) is 7.34. The number of rotatable bonds is 14. The molecular formula is C46H52FN8O8S+. The molecule has 4 N–H and O–H groups in total. The summed E-state index contributed by atoms with van der Waals surface area (Å²) in [7, 11) is -3.16. The van der Waals surface area contributed by atoms with Gasteiger partial charge in [0.25, 0.3) is 15.9 Å². The molecule has 2 amide bonds. The second kappa shape index (κ2) is 17.9. The third kappa shape index (κ3) is 9.34. The Morgan fingerprint density at radius 1 is 1.02 bits per heavy atom. The number of aromatic nitrogens is 1. The maximum absolute atomic E-state index is 14.2. The molecule has 1 aromatic heterocycles. The first-order valence-electron chi connectivity index (χ1n) is 21.6. The van der Waals surface area contributed by atoms with Crippen LogP contribution in [-0.4, -0.2) is 111 Å². The Morgan fingerprint density at radius 3 is 2.58 bits per heavy atom. The number of carbonyl (C=O) groups excluding carboxylic acids is 2. The molecule has 1 aliphatic carbocycles. The number of fused-ring (bicyclic) bond motifs is 2. The van der Waals surface area contributed by atoms with Crippen LogP contribution < -0.4 is 24.9 Å². The first-order chi connectivity index (χ1) is 30.9. The number of aliphatic imine (C=N–C) groups is 1. The molecule has 336 valence electrons. The number of benzene rings is 3. The molecule has 1 unspecified atom stereocenters. The molecule has 0 bridgehead atoms. The zero-order valence-electron chi connectivity index (χ0n) is 35.8. The van der Waals surface area contributed by atoms with Crippen LogP contribution in [0.25, 0.3) is 6.08 Å². The quantitative estimate of drug-likeness (QED) is 0.110. The number of pyridine rings is 1. The number of hydrogen-bond donors (Lipinski definition) is 2. The van der Waals surface area contributed by atoms with E-state index >= 15 is 0 Å². The van der Waals surface area contributed by atoms with Gasteiger partial charge in [-0.2, -0.15) is 4.99 Å². The summed E-state index contributed by atoms with van der Waals surface area (Å²) in [5.41, 5.74) is 3.53. The lowest BCUT2D eigenvalue weighted by molar-refractivity contribution is -0.141. The average molecular weight is 896 g/mol. The lowest BCUT2D eigenvalue weighted by Gasteiger charge is -2.49. The molecule has 5 heterocycles. The van der Waals surface area contributed by atoms with Crippen molar-refractivity contribution in [3.63, 3.8) is 0 Å². The van der Waals surface area contributed by atoms with Crippen molar-refractivity contribution in [3.8, 4) is 11.5 Å². The standard InChI is InChI=1S/C46H51FN8O8S/c1-46(25-33-5-6-35(47)21-34(33)28-54(46)45(57)31-3-4-31)29-52-15-17-53(18-16-52)36-7-9-39(42(23-36)63-37-22-32-11-14-48-43(32)50-27-37)44(56)51-64(59,60)38-8-10-40(41(24-38)55(58)61-2)49-26-30-12-19-62-20-13-30/h5-11,21-24,27,30-31,49,58H,3-4,12-13,15-20,25-26,28-29H2,1-2H3,(H,51,56)/p+1. The Labute approximate surface area is 371 Å². The number of nitrogens with zero attached hydrogens (tertiary/aromatic N) is 6. The monoisotopic (exact) mass is 895 g/mol. The van der Waals surface area contributed by atoms with Crippen molar-refractivity contribution in [2.24, 2.45) is 16.8 Å². The average Bonchev–Trinajstić information content (AvgIpc) is 4.05. The van der Waals surface area contributed by atoms with Crippen molar-refractivity contribution in [1.29, 1.82) is 0 Å². The van der Waals surface area contributed by atoms with Crippen molar-refractivity contribution >= 4 is 56.7 Å². The summed E-state index contributed by atoms with van der Waals surface area (Å²) in [5, 5.41) is 12.4. The maximum atomic E-state index is 14.2. The van der Waals surface area contributed by atoms with E-state index < -0.39 is 21.5 Å². The molecule has 4 aromatic rings. The molecule has 5 aliphatic rings. The maximum Gasteiger partial charge on any atom is 0.268 e. The Kier molecular flexibility index (Phi) is 12.2. The molecule has 0 spiro atoms. The van der Waals surface area contributed by atoms with E-state index in [0.717, 1.165) is 42.5 Å². The van der Waals surface area contributed by atoms with E-state index in [4.69, 9.17) is 19.5 Å². The van der Waals surface area contributed by atoms with E-state index in [9.17, 15) is 22.4 Å². The van der Waals surface area contributed by atoms with Crippen molar-refractivity contribution < 1.29 is 41.9 Å². The van der Waals surface area contributed by atoms with Crippen LogP contribution in [0.2, 0.25) is 0 Å². The van der Waals surface area contributed by atoms with Crippen LogP contribution in [0.4, 0.5) is 27.3 Å². The number of ether oxygens (including phenoxy) is 2. The fourth-order valence-electron chi connectivity index (χ4n) is 8.98. The van der Waals surface area contributed by atoms with Gasteiger partial charge in [-0.25, -0.2) is 27.4 Å². The van der Waals surface area contributed by atoms with E-state index in [1.807, 2.05) is 11.0 Å². The van der Waals surface area contributed by atoms with Gasteiger partial charge in [-0.1, -0.05) is 6.07 Å². The number of piperazine rings is 1. The second-order valence-corrected chi connectivity index (χ2v) is 19.0. The SMILES string of the molecule is CON([OH2+])c1cc(S(=O)(=O)NC(=O)c2ccc(N3CCN(CC4(C)Cc5ccc(F)cc5CN4C(=O)C4CC4)CC3)cc2Oc2cnc3c(c2)C=C=N3)ccc1NCC1CCOCC1. The smallest absolute Gasteiger partial charge is 0.268 e. The van der Waals surface area contributed by atoms with Gasteiger partial charge < -0.3 is 24.6 Å². The first-order valence-corrected chi connectivity index (χ1v) is 23.1. The molecule has 0 radical (unpaired) electrons. The van der Waals surface area contributed by atoms with Gasteiger partial charge in [0.2, 0.25) is 5.91 Å². The van der Waals surface area contributed by atoms with Gasteiger partial charge in [-0.05, 0) is 116 Å². The van der Waals surface area contributed by atoms with Gasteiger partial charge in [0.1, 0.15) is 17.3 Å². The van der Waals surface area contributed by atoms with Crippen LogP contribution in [0.5, 0.6) is 11.5 Å². The van der Waals surface area contributed by atoms with Crippen molar-refractivity contribution in [2.45, 2.75) is 56.0 Å². The van der Waals surface area contributed by atoms with Gasteiger partial charge in [-0.3, -0.25) is 19.7 Å². The van der Waals surface area contributed by atoms with Crippen LogP contribution in [0.3, 0.4) is 0 Å². The topological polar surface area (TPSA) is 181 Å². The number of hydrogen-bond acceptors (Lipinski definition) is 13. The fourth-order valence-corrected chi connectivity index (χ4v) is 9.96. The highest BCUT2D eigenvalue weighted by Gasteiger charge is 2.45. The first kappa shape index (κ1) is 43.4. The highest BCUT2D eigenvalue weighted by Crippen LogP contribution is 2.40. The number of amides is 2. The minimum atomic E-state index is -4.47. The van der Waals surface area contributed by atoms with Crippen LogP contribution in [0, 0.1) is 17.7 Å². The Hall–Kier alpha value is -5.88. The summed E-state index contributed by atoms with van der Waals surface area (Å²) >= 11 is 0. The molecule has 9 rings (SSSR count). The molecule has 1 atom stereocenters.